The van der Waals surface area contributed by atoms with E-state index in [2.05, 4.69) is 30.0 Å². The first-order valence-electron chi connectivity index (χ1n) is 9.80. The predicted octanol–water partition coefficient (Wildman–Crippen LogP) is 2.32. The van der Waals surface area contributed by atoms with Crippen LogP contribution in [0.15, 0.2) is 51.7 Å². The first-order valence-corrected chi connectivity index (χ1v) is 9.80. The van der Waals surface area contributed by atoms with E-state index in [0.717, 1.165) is 55.0 Å². The highest BCUT2D eigenvalue weighted by atomic mass is 16.5. The Morgan fingerprint density at radius 1 is 1.07 bits per heavy atom. The minimum atomic E-state index is -0.260. The van der Waals surface area contributed by atoms with Crippen molar-refractivity contribution < 1.29 is 14.1 Å². The van der Waals surface area contributed by atoms with Gasteiger partial charge in [0.2, 0.25) is 0 Å². The van der Waals surface area contributed by atoms with Crippen LogP contribution >= 0.6 is 0 Å². The standard InChI is InChI=1S/C23H26N2O3/c1-16-12-17(2)23-18(14-22(26)28-21(23)13-16)15-24-8-10-25(11-9-24)19-4-6-20(27-3)7-5-19/h4-7,12-14H,8-11,15H2,1-3H3/p+1. The lowest BCUT2D eigenvalue weighted by Crippen LogP contribution is -3.13. The summed E-state index contributed by atoms with van der Waals surface area (Å²) in [5.41, 5.74) is 5.06. The fraction of sp³-hybridized carbons (Fsp3) is 0.348. The van der Waals surface area contributed by atoms with Gasteiger partial charge in [-0.3, -0.25) is 0 Å². The largest absolute Gasteiger partial charge is 0.497 e. The molecule has 1 aliphatic heterocycles. The van der Waals surface area contributed by atoms with E-state index in [1.165, 1.54) is 16.2 Å². The van der Waals surface area contributed by atoms with Crippen molar-refractivity contribution in [3.63, 3.8) is 0 Å². The maximum Gasteiger partial charge on any atom is 0.336 e. The highest BCUT2D eigenvalue weighted by molar-refractivity contribution is 5.84. The first kappa shape index (κ1) is 18.6. The maximum atomic E-state index is 12.1. The molecule has 5 heteroatoms. The lowest BCUT2D eigenvalue weighted by Gasteiger charge is -2.34. The van der Waals surface area contributed by atoms with E-state index in [1.807, 2.05) is 25.1 Å². The summed E-state index contributed by atoms with van der Waals surface area (Å²) < 4.78 is 10.7. The van der Waals surface area contributed by atoms with E-state index < -0.39 is 0 Å². The molecular weight excluding hydrogens is 352 g/mol. The van der Waals surface area contributed by atoms with Crippen LogP contribution in [0.2, 0.25) is 0 Å². The minimum Gasteiger partial charge on any atom is -0.497 e. The SMILES string of the molecule is COc1ccc(N2CC[NH+](Cc3cc(=O)oc4cc(C)cc(C)c34)CC2)cc1. The van der Waals surface area contributed by atoms with Gasteiger partial charge in [0, 0.05) is 22.7 Å². The summed E-state index contributed by atoms with van der Waals surface area (Å²) in [5.74, 6) is 0.883. The molecule has 0 bridgehead atoms. The van der Waals surface area contributed by atoms with Crippen LogP contribution in [0.5, 0.6) is 5.75 Å². The smallest absolute Gasteiger partial charge is 0.336 e. The second kappa shape index (κ2) is 7.68. The number of rotatable bonds is 4. The van der Waals surface area contributed by atoms with Crippen molar-refractivity contribution in [2.24, 2.45) is 0 Å². The zero-order valence-electron chi connectivity index (χ0n) is 16.7. The first-order chi connectivity index (χ1) is 13.5. The fourth-order valence-electron chi connectivity index (χ4n) is 4.23. The second-order valence-electron chi connectivity index (χ2n) is 7.66. The van der Waals surface area contributed by atoms with Crippen LogP contribution in [-0.4, -0.2) is 33.3 Å². The van der Waals surface area contributed by atoms with Gasteiger partial charge >= 0.3 is 5.63 Å². The van der Waals surface area contributed by atoms with Crippen molar-refractivity contribution in [1.29, 1.82) is 0 Å². The molecule has 0 amide bonds. The number of nitrogens with one attached hydrogen (secondary N) is 1. The molecule has 2 aromatic carbocycles. The van der Waals surface area contributed by atoms with Crippen LogP contribution in [0.4, 0.5) is 5.69 Å². The Balaban J connectivity index is 1.50. The molecule has 2 heterocycles. The van der Waals surface area contributed by atoms with Crippen molar-refractivity contribution in [1.82, 2.24) is 0 Å². The van der Waals surface area contributed by atoms with E-state index in [9.17, 15) is 4.79 Å². The number of methoxy groups -OCH3 is 1. The number of benzene rings is 2. The van der Waals surface area contributed by atoms with Gasteiger partial charge in [0.1, 0.15) is 17.9 Å². The van der Waals surface area contributed by atoms with Gasteiger partial charge in [-0.15, -0.1) is 0 Å². The summed E-state index contributed by atoms with van der Waals surface area (Å²) in [7, 11) is 1.69. The van der Waals surface area contributed by atoms with Gasteiger partial charge in [-0.2, -0.15) is 0 Å². The molecule has 4 rings (SSSR count). The lowest BCUT2D eigenvalue weighted by molar-refractivity contribution is -0.914. The molecule has 0 spiro atoms. The molecule has 28 heavy (non-hydrogen) atoms. The molecular formula is C23H27N2O3+. The molecule has 0 radical (unpaired) electrons. The molecule has 0 unspecified atom stereocenters. The Labute approximate surface area is 165 Å². The maximum absolute atomic E-state index is 12.1. The van der Waals surface area contributed by atoms with E-state index >= 15 is 0 Å². The van der Waals surface area contributed by atoms with Crippen LogP contribution in [-0.2, 0) is 6.54 Å². The van der Waals surface area contributed by atoms with E-state index in [4.69, 9.17) is 9.15 Å². The summed E-state index contributed by atoms with van der Waals surface area (Å²) in [6.07, 6.45) is 0. The van der Waals surface area contributed by atoms with Crippen LogP contribution in [0, 0.1) is 13.8 Å². The number of nitrogens with zero attached hydrogens (tertiary/aromatic N) is 1. The van der Waals surface area contributed by atoms with Gasteiger partial charge < -0.3 is 19.0 Å². The summed E-state index contributed by atoms with van der Waals surface area (Å²) in [6.45, 7) is 9.05. The molecule has 3 aromatic rings. The monoisotopic (exact) mass is 379 g/mol. The molecule has 146 valence electrons. The number of fused-ring (bicyclic) bond motifs is 1. The van der Waals surface area contributed by atoms with Gasteiger partial charge in [-0.25, -0.2) is 4.79 Å². The van der Waals surface area contributed by atoms with Crippen LogP contribution in [0.1, 0.15) is 16.7 Å². The van der Waals surface area contributed by atoms with Gasteiger partial charge in [-0.05, 0) is 55.3 Å². The van der Waals surface area contributed by atoms with Crippen molar-refractivity contribution in [3.05, 3.63) is 69.6 Å². The topological polar surface area (TPSA) is 47.1 Å². The summed E-state index contributed by atoms with van der Waals surface area (Å²) >= 11 is 0. The number of anilines is 1. The summed E-state index contributed by atoms with van der Waals surface area (Å²) in [4.78, 5) is 16.0. The third-order valence-corrected chi connectivity index (χ3v) is 5.62. The molecule has 1 aromatic heterocycles. The number of ether oxygens (including phenoxy) is 1. The highest BCUT2D eigenvalue weighted by Gasteiger charge is 2.22. The second-order valence-corrected chi connectivity index (χ2v) is 7.66. The minimum absolute atomic E-state index is 0.260. The highest BCUT2D eigenvalue weighted by Crippen LogP contribution is 2.23. The quantitative estimate of drug-likeness (QED) is 0.707. The average molecular weight is 379 g/mol. The Bertz CT molecular complexity index is 1030. The van der Waals surface area contributed by atoms with Crippen molar-refractivity contribution in [2.45, 2.75) is 20.4 Å². The number of hydrogen-bond acceptors (Lipinski definition) is 4. The number of aryl methyl sites for hydroxylation is 2. The average Bonchev–Trinajstić information content (AvgIpc) is 2.68. The van der Waals surface area contributed by atoms with Crippen molar-refractivity contribution in [2.75, 3.05) is 38.2 Å². The zero-order valence-corrected chi connectivity index (χ0v) is 16.7. The Kier molecular flexibility index (Phi) is 5.09. The Morgan fingerprint density at radius 2 is 1.79 bits per heavy atom. The number of hydrogen-bond donors (Lipinski definition) is 1. The molecule has 0 atom stereocenters. The van der Waals surface area contributed by atoms with E-state index in [0.29, 0.717) is 5.58 Å². The fourth-order valence-corrected chi connectivity index (χ4v) is 4.23. The van der Waals surface area contributed by atoms with Gasteiger partial charge in [0.05, 0.1) is 33.3 Å². The summed E-state index contributed by atoms with van der Waals surface area (Å²) in [5, 5.41) is 1.09. The summed E-state index contributed by atoms with van der Waals surface area (Å²) in [6, 6.07) is 14.0. The van der Waals surface area contributed by atoms with E-state index in [-0.39, 0.29) is 5.63 Å². The molecule has 0 aliphatic carbocycles. The molecule has 1 saturated heterocycles. The van der Waals surface area contributed by atoms with Gasteiger partial charge in [0.15, 0.2) is 0 Å². The predicted molar refractivity (Wildman–Crippen MR) is 112 cm³/mol. The van der Waals surface area contributed by atoms with Gasteiger partial charge in [0.25, 0.3) is 0 Å². The molecule has 5 nitrogen and oxygen atoms in total. The van der Waals surface area contributed by atoms with Crippen LogP contribution < -0.4 is 20.2 Å². The molecule has 1 fully saturated rings. The van der Waals surface area contributed by atoms with Crippen molar-refractivity contribution in [3.8, 4) is 5.75 Å². The van der Waals surface area contributed by atoms with Crippen molar-refractivity contribution >= 4 is 16.7 Å². The lowest BCUT2D eigenvalue weighted by atomic mass is 10.0. The molecule has 0 saturated carbocycles. The van der Waals surface area contributed by atoms with Crippen LogP contribution in [0.3, 0.4) is 0 Å². The number of piperazine rings is 1. The third kappa shape index (κ3) is 3.76. The zero-order chi connectivity index (χ0) is 19.7. The van der Waals surface area contributed by atoms with Crippen LogP contribution in [0.25, 0.3) is 11.0 Å². The van der Waals surface area contributed by atoms with Gasteiger partial charge in [-0.1, -0.05) is 6.07 Å². The number of quaternary nitrogens is 1. The normalized spacial score (nSPS) is 15.2. The van der Waals surface area contributed by atoms with E-state index in [1.54, 1.807) is 13.2 Å². The Hall–Kier alpha value is -2.79. The molecule has 1 aliphatic rings. The molecule has 1 N–H and O–H groups in total. The third-order valence-electron chi connectivity index (χ3n) is 5.62. The Morgan fingerprint density at radius 3 is 2.46 bits per heavy atom.